The van der Waals surface area contributed by atoms with Crippen molar-refractivity contribution < 1.29 is 0 Å². The van der Waals surface area contributed by atoms with E-state index in [1.54, 1.807) is 0 Å². The molecule has 1 atom stereocenters. The largest absolute Gasteiger partial charge is 0.316 e. The molecule has 1 unspecified atom stereocenters. The number of hydrogen-bond donors (Lipinski definition) is 1. The third-order valence-corrected chi connectivity index (χ3v) is 2.69. The fourth-order valence-electron chi connectivity index (χ4n) is 1.12. The summed E-state index contributed by atoms with van der Waals surface area (Å²) in [5.41, 5.74) is 0. The van der Waals surface area contributed by atoms with Crippen LogP contribution >= 0.6 is 0 Å². The van der Waals surface area contributed by atoms with E-state index in [9.17, 15) is 0 Å². The van der Waals surface area contributed by atoms with Gasteiger partial charge in [-0.25, -0.2) is 0 Å². The molecule has 0 aromatic carbocycles. The highest BCUT2D eigenvalue weighted by Gasteiger charge is 1.98. The third kappa shape index (κ3) is 49.6. The Morgan fingerprint density at radius 1 is 0.917 bits per heavy atom. The highest BCUT2D eigenvalue weighted by molar-refractivity contribution is 4.78. The average Bonchev–Trinajstić information content (AvgIpc) is 2.65. The summed E-state index contributed by atoms with van der Waals surface area (Å²) in [6.07, 6.45) is 0.976. The Labute approximate surface area is 155 Å². The summed E-state index contributed by atoms with van der Waals surface area (Å²) in [7, 11) is 6.17. The first kappa shape index (κ1) is 34.7. The molecule has 0 aromatic rings. The molecule has 0 amide bonds. The molecule has 0 rings (SSSR count). The first-order chi connectivity index (χ1) is 11.5. The van der Waals surface area contributed by atoms with E-state index in [0.29, 0.717) is 0 Å². The second kappa shape index (κ2) is 38.1. The highest BCUT2D eigenvalue weighted by atomic mass is 15.1. The molecular formula is C20H50N4. The number of likely N-dealkylation sites (N-methyl/N-ethyl adjacent to an activating group) is 2. The molecule has 4 nitrogen and oxygen atoms in total. The van der Waals surface area contributed by atoms with Crippen LogP contribution in [0.2, 0.25) is 0 Å². The van der Waals surface area contributed by atoms with Gasteiger partial charge in [0, 0.05) is 19.0 Å². The van der Waals surface area contributed by atoms with Gasteiger partial charge in [-0.3, -0.25) is 0 Å². The zero-order valence-electron chi connectivity index (χ0n) is 19.2. The molecule has 0 saturated carbocycles. The molecule has 0 bridgehead atoms. The van der Waals surface area contributed by atoms with Gasteiger partial charge in [-0.2, -0.15) is 5.26 Å². The summed E-state index contributed by atoms with van der Waals surface area (Å²) in [4.78, 5) is 4.39. The van der Waals surface area contributed by atoms with Crippen molar-refractivity contribution >= 4 is 0 Å². The topological polar surface area (TPSA) is 42.3 Å². The molecular weight excluding hydrogens is 296 g/mol. The van der Waals surface area contributed by atoms with Crippen molar-refractivity contribution in [2.45, 2.75) is 68.7 Å². The Morgan fingerprint density at radius 3 is 1.67 bits per heavy atom. The van der Waals surface area contributed by atoms with Gasteiger partial charge >= 0.3 is 0 Å². The van der Waals surface area contributed by atoms with Crippen LogP contribution in [-0.4, -0.2) is 63.7 Å². The van der Waals surface area contributed by atoms with Gasteiger partial charge in [-0.15, -0.1) is 0 Å². The first-order valence-corrected chi connectivity index (χ1v) is 9.91. The number of nitrogens with zero attached hydrogens (tertiary/aromatic N) is 3. The van der Waals surface area contributed by atoms with Crippen molar-refractivity contribution in [2.75, 3.05) is 53.9 Å². The molecule has 0 aliphatic carbocycles. The van der Waals surface area contributed by atoms with Crippen molar-refractivity contribution in [3.05, 3.63) is 0 Å². The zero-order chi connectivity index (χ0) is 20.4. The summed E-state index contributed by atoms with van der Waals surface area (Å²) in [6.45, 7) is 23.8. The Balaban J connectivity index is -0.0000000762. The van der Waals surface area contributed by atoms with Crippen LogP contribution in [0.1, 0.15) is 68.7 Å². The molecule has 0 fully saturated rings. The fourth-order valence-corrected chi connectivity index (χ4v) is 1.12. The average molecular weight is 347 g/mol. The van der Waals surface area contributed by atoms with E-state index < -0.39 is 0 Å². The molecule has 0 aliphatic rings. The van der Waals surface area contributed by atoms with Crippen LogP contribution in [-0.2, 0) is 0 Å². The minimum absolute atomic E-state index is 0.201. The third-order valence-electron chi connectivity index (χ3n) is 2.69. The predicted octanol–water partition coefficient (Wildman–Crippen LogP) is 4.72. The van der Waals surface area contributed by atoms with Crippen molar-refractivity contribution in [3.63, 3.8) is 0 Å². The second-order valence-corrected chi connectivity index (χ2v) is 4.87. The van der Waals surface area contributed by atoms with Gasteiger partial charge in [0.25, 0.3) is 0 Å². The van der Waals surface area contributed by atoms with Crippen molar-refractivity contribution in [1.82, 2.24) is 15.1 Å². The quantitative estimate of drug-likeness (QED) is 0.646. The van der Waals surface area contributed by atoms with E-state index in [4.69, 9.17) is 5.26 Å². The Morgan fingerprint density at radius 2 is 1.38 bits per heavy atom. The van der Waals surface area contributed by atoms with E-state index in [0.717, 1.165) is 39.1 Å². The van der Waals surface area contributed by atoms with Crippen LogP contribution in [0.4, 0.5) is 0 Å². The second-order valence-electron chi connectivity index (χ2n) is 4.87. The standard InChI is InChI=1S/C7H14N2.C7H18N2.3C2H6/c1-7(6-8)4-5-9(2)3;1-4-8-6-7-9(3)5-2;3*1-2/h7H,4-5H2,1-3H3;8H,4-7H2,1-3H3;3*1-2H3. The van der Waals surface area contributed by atoms with E-state index >= 15 is 0 Å². The van der Waals surface area contributed by atoms with Crippen molar-refractivity contribution in [3.8, 4) is 6.07 Å². The number of nitrogens with one attached hydrogen (secondary N) is 1. The van der Waals surface area contributed by atoms with Crippen LogP contribution in [0.15, 0.2) is 0 Å². The van der Waals surface area contributed by atoms with Crippen LogP contribution in [0, 0.1) is 17.2 Å². The van der Waals surface area contributed by atoms with Gasteiger partial charge in [0.05, 0.1) is 6.07 Å². The Bertz CT molecular complexity index is 200. The maximum atomic E-state index is 8.38. The molecule has 0 radical (unpaired) electrons. The number of hydrogen-bond acceptors (Lipinski definition) is 4. The Hall–Kier alpha value is -0.630. The SMILES string of the molecule is CC.CC.CC.CC(C#N)CCN(C)C.CCNCCN(C)CC. The molecule has 150 valence electrons. The molecule has 0 spiro atoms. The summed E-state index contributed by atoms with van der Waals surface area (Å²) in [5.74, 6) is 0.201. The molecule has 4 heteroatoms. The molecule has 0 aromatic heterocycles. The van der Waals surface area contributed by atoms with Gasteiger partial charge in [-0.1, -0.05) is 55.4 Å². The number of nitriles is 1. The van der Waals surface area contributed by atoms with Crippen molar-refractivity contribution in [1.29, 1.82) is 5.26 Å². The molecule has 0 aliphatic heterocycles. The van der Waals surface area contributed by atoms with Gasteiger partial charge in [0.1, 0.15) is 0 Å². The lowest BCUT2D eigenvalue weighted by atomic mass is 10.1. The maximum absolute atomic E-state index is 8.38. The van der Waals surface area contributed by atoms with Crippen LogP contribution in [0.5, 0.6) is 0 Å². The highest BCUT2D eigenvalue weighted by Crippen LogP contribution is 1.98. The predicted molar refractivity (Wildman–Crippen MR) is 114 cm³/mol. The first-order valence-electron chi connectivity index (χ1n) is 9.91. The van der Waals surface area contributed by atoms with Gasteiger partial charge in [-0.05, 0) is 54.1 Å². The molecule has 0 saturated heterocycles. The summed E-state index contributed by atoms with van der Waals surface area (Å²) >= 11 is 0. The monoisotopic (exact) mass is 346 g/mol. The van der Waals surface area contributed by atoms with Gasteiger partial charge in [0.2, 0.25) is 0 Å². The molecule has 0 heterocycles. The van der Waals surface area contributed by atoms with Crippen LogP contribution in [0.25, 0.3) is 0 Å². The minimum Gasteiger partial charge on any atom is -0.316 e. The molecule has 1 N–H and O–H groups in total. The van der Waals surface area contributed by atoms with Crippen LogP contribution in [0.3, 0.4) is 0 Å². The summed E-state index contributed by atoms with van der Waals surface area (Å²) in [6, 6.07) is 2.19. The number of rotatable bonds is 8. The van der Waals surface area contributed by atoms with E-state index in [1.165, 1.54) is 0 Å². The lowest BCUT2D eigenvalue weighted by Crippen LogP contribution is -2.28. The zero-order valence-corrected chi connectivity index (χ0v) is 19.2. The lowest BCUT2D eigenvalue weighted by molar-refractivity contribution is 0.350. The van der Waals surface area contributed by atoms with Gasteiger partial charge < -0.3 is 15.1 Å². The summed E-state index contributed by atoms with van der Waals surface area (Å²) in [5, 5.41) is 11.7. The van der Waals surface area contributed by atoms with E-state index in [1.807, 2.05) is 62.6 Å². The minimum atomic E-state index is 0.201. The van der Waals surface area contributed by atoms with Gasteiger partial charge in [0.15, 0.2) is 0 Å². The van der Waals surface area contributed by atoms with Crippen molar-refractivity contribution in [2.24, 2.45) is 5.92 Å². The Kier molecular flexibility index (Phi) is 55.0. The smallest absolute Gasteiger partial charge is 0.0653 e. The molecule has 24 heavy (non-hydrogen) atoms. The fraction of sp³-hybridized carbons (Fsp3) is 0.950. The lowest BCUT2D eigenvalue weighted by Gasteiger charge is -2.12. The van der Waals surface area contributed by atoms with E-state index in [2.05, 4.69) is 42.1 Å². The van der Waals surface area contributed by atoms with E-state index in [-0.39, 0.29) is 5.92 Å². The maximum Gasteiger partial charge on any atom is 0.0653 e. The summed E-state index contributed by atoms with van der Waals surface area (Å²) < 4.78 is 0. The van der Waals surface area contributed by atoms with Crippen LogP contribution < -0.4 is 5.32 Å². The normalized spacial score (nSPS) is 9.71.